The lowest BCUT2D eigenvalue weighted by Crippen LogP contribution is -2.27. The molecule has 0 bridgehead atoms. The van der Waals surface area contributed by atoms with Crippen LogP contribution in [0, 0.1) is 0 Å². The Morgan fingerprint density at radius 2 is 2.10 bits per heavy atom. The number of carbonyl (C=O) groups is 2. The fourth-order valence-corrected chi connectivity index (χ4v) is 2.55. The van der Waals surface area contributed by atoms with Crippen LogP contribution in [0.3, 0.4) is 0 Å². The van der Waals surface area contributed by atoms with Gasteiger partial charge in [-0.1, -0.05) is 12.1 Å². The molecule has 2 N–H and O–H groups in total. The summed E-state index contributed by atoms with van der Waals surface area (Å²) in [7, 11) is 1.50. The molecule has 1 unspecified atom stereocenters. The van der Waals surface area contributed by atoms with Crippen molar-refractivity contribution in [3.63, 3.8) is 0 Å². The number of carboxylic acid groups (broad SMARTS) is 1. The van der Waals surface area contributed by atoms with Gasteiger partial charge in [-0.05, 0) is 19.1 Å². The molecular formula is C14H14N2O4S. The SMILES string of the molecule is COc1ccccc1C(=O)NC(C)c1nc(C(=O)O)cs1. The Morgan fingerprint density at radius 1 is 1.38 bits per heavy atom. The number of methoxy groups -OCH3 is 1. The van der Waals surface area contributed by atoms with E-state index in [-0.39, 0.29) is 17.6 Å². The van der Waals surface area contributed by atoms with Crippen molar-refractivity contribution in [2.24, 2.45) is 0 Å². The summed E-state index contributed by atoms with van der Waals surface area (Å²) in [5, 5.41) is 13.6. The second-order valence-corrected chi connectivity index (χ2v) is 5.16. The number of carboxylic acids is 1. The Kier molecular flexibility index (Phi) is 4.54. The zero-order chi connectivity index (χ0) is 15.4. The van der Waals surface area contributed by atoms with E-state index in [4.69, 9.17) is 9.84 Å². The first-order valence-electron chi connectivity index (χ1n) is 6.15. The maximum absolute atomic E-state index is 12.2. The standard InChI is InChI=1S/C14H14N2O4S/c1-8(13-16-10(7-21-13)14(18)19)15-12(17)9-5-3-4-6-11(9)20-2/h3-8H,1-2H3,(H,15,17)(H,18,19). The number of aromatic nitrogens is 1. The van der Waals surface area contributed by atoms with Gasteiger partial charge < -0.3 is 15.2 Å². The van der Waals surface area contributed by atoms with Crippen molar-refractivity contribution in [2.75, 3.05) is 7.11 Å². The molecule has 1 atom stereocenters. The Morgan fingerprint density at radius 3 is 2.71 bits per heavy atom. The van der Waals surface area contributed by atoms with Gasteiger partial charge in [0.2, 0.25) is 0 Å². The molecule has 6 nitrogen and oxygen atoms in total. The summed E-state index contributed by atoms with van der Waals surface area (Å²) in [6, 6.07) is 6.49. The van der Waals surface area contributed by atoms with Gasteiger partial charge >= 0.3 is 5.97 Å². The monoisotopic (exact) mass is 306 g/mol. The number of rotatable bonds is 5. The smallest absolute Gasteiger partial charge is 0.355 e. The van der Waals surface area contributed by atoms with Gasteiger partial charge in [0.25, 0.3) is 5.91 Å². The highest BCUT2D eigenvalue weighted by molar-refractivity contribution is 7.09. The lowest BCUT2D eigenvalue weighted by Gasteiger charge is -2.13. The van der Waals surface area contributed by atoms with Gasteiger partial charge in [0, 0.05) is 5.38 Å². The summed E-state index contributed by atoms with van der Waals surface area (Å²) in [5.41, 5.74) is 0.398. The minimum absolute atomic E-state index is 0.0200. The maximum Gasteiger partial charge on any atom is 0.355 e. The molecule has 7 heteroatoms. The number of hydrogen-bond acceptors (Lipinski definition) is 5. The summed E-state index contributed by atoms with van der Waals surface area (Å²) in [4.78, 5) is 27.0. The highest BCUT2D eigenvalue weighted by atomic mass is 32.1. The highest BCUT2D eigenvalue weighted by Gasteiger charge is 2.18. The predicted octanol–water partition coefficient (Wildman–Crippen LogP) is 2.34. The topological polar surface area (TPSA) is 88.5 Å². The highest BCUT2D eigenvalue weighted by Crippen LogP contribution is 2.21. The molecule has 110 valence electrons. The molecular weight excluding hydrogens is 292 g/mol. The zero-order valence-electron chi connectivity index (χ0n) is 11.5. The van der Waals surface area contributed by atoms with Gasteiger partial charge in [-0.25, -0.2) is 9.78 Å². The van der Waals surface area contributed by atoms with Crippen molar-refractivity contribution in [2.45, 2.75) is 13.0 Å². The summed E-state index contributed by atoms with van der Waals surface area (Å²) < 4.78 is 5.14. The average Bonchev–Trinajstić information content (AvgIpc) is 2.97. The molecule has 0 aliphatic rings. The van der Waals surface area contributed by atoms with Gasteiger partial charge in [0.05, 0.1) is 18.7 Å². The zero-order valence-corrected chi connectivity index (χ0v) is 12.3. The summed E-state index contributed by atoms with van der Waals surface area (Å²) in [6.45, 7) is 1.75. The minimum Gasteiger partial charge on any atom is -0.496 e. The number of nitrogens with one attached hydrogen (secondary N) is 1. The Balaban J connectivity index is 2.13. The van der Waals surface area contributed by atoms with E-state index in [9.17, 15) is 9.59 Å². The van der Waals surface area contributed by atoms with Crippen molar-refractivity contribution >= 4 is 23.2 Å². The summed E-state index contributed by atoms with van der Waals surface area (Å²) >= 11 is 1.20. The molecule has 1 heterocycles. The Hall–Kier alpha value is -2.41. The average molecular weight is 306 g/mol. The van der Waals surface area contributed by atoms with E-state index in [1.165, 1.54) is 23.8 Å². The molecule has 0 spiro atoms. The van der Waals surface area contributed by atoms with Crippen molar-refractivity contribution in [1.29, 1.82) is 0 Å². The third-order valence-electron chi connectivity index (χ3n) is 2.81. The molecule has 2 rings (SSSR count). The maximum atomic E-state index is 12.2. The lowest BCUT2D eigenvalue weighted by molar-refractivity contribution is 0.0691. The molecule has 1 amide bonds. The lowest BCUT2D eigenvalue weighted by atomic mass is 10.2. The minimum atomic E-state index is -1.08. The van der Waals surface area contributed by atoms with Crippen LogP contribution in [-0.2, 0) is 0 Å². The molecule has 0 radical (unpaired) electrons. The number of hydrogen-bond donors (Lipinski definition) is 2. The first kappa shape index (κ1) is 15.0. The Labute approximate surface area is 125 Å². The van der Waals surface area contributed by atoms with Crippen LogP contribution in [0.2, 0.25) is 0 Å². The number of benzene rings is 1. The molecule has 0 aliphatic heterocycles. The number of nitrogens with zero attached hydrogens (tertiary/aromatic N) is 1. The van der Waals surface area contributed by atoms with Crippen LogP contribution in [-0.4, -0.2) is 29.1 Å². The second kappa shape index (κ2) is 6.36. The number of thiazole rings is 1. The number of para-hydroxylation sites is 1. The van der Waals surface area contributed by atoms with Crippen LogP contribution >= 0.6 is 11.3 Å². The van der Waals surface area contributed by atoms with Crippen LogP contribution in [0.15, 0.2) is 29.6 Å². The predicted molar refractivity (Wildman–Crippen MR) is 77.9 cm³/mol. The first-order chi connectivity index (χ1) is 10.0. The van der Waals surface area contributed by atoms with E-state index < -0.39 is 5.97 Å². The third kappa shape index (κ3) is 3.38. The first-order valence-corrected chi connectivity index (χ1v) is 7.03. The molecule has 0 aliphatic carbocycles. The molecule has 0 saturated carbocycles. The van der Waals surface area contributed by atoms with Crippen LogP contribution in [0.25, 0.3) is 0 Å². The molecule has 21 heavy (non-hydrogen) atoms. The van der Waals surface area contributed by atoms with E-state index in [1.54, 1.807) is 31.2 Å². The third-order valence-corrected chi connectivity index (χ3v) is 3.84. The van der Waals surface area contributed by atoms with Crippen LogP contribution in [0.5, 0.6) is 5.75 Å². The quantitative estimate of drug-likeness (QED) is 0.885. The molecule has 1 aromatic carbocycles. The van der Waals surface area contributed by atoms with Crippen LogP contribution in [0.4, 0.5) is 0 Å². The van der Waals surface area contributed by atoms with Crippen LogP contribution < -0.4 is 10.1 Å². The number of amides is 1. The fraction of sp³-hybridized carbons (Fsp3) is 0.214. The summed E-state index contributed by atoms with van der Waals surface area (Å²) in [6.07, 6.45) is 0. The van der Waals surface area contributed by atoms with Crippen molar-refractivity contribution < 1.29 is 19.4 Å². The van der Waals surface area contributed by atoms with E-state index in [0.29, 0.717) is 16.3 Å². The number of carbonyl (C=O) groups excluding carboxylic acids is 1. The van der Waals surface area contributed by atoms with Crippen LogP contribution in [0.1, 0.15) is 38.8 Å². The molecule has 0 fully saturated rings. The van der Waals surface area contributed by atoms with E-state index >= 15 is 0 Å². The van der Waals surface area contributed by atoms with Crippen molar-refractivity contribution in [3.05, 3.63) is 45.9 Å². The van der Waals surface area contributed by atoms with Crippen molar-refractivity contribution in [3.8, 4) is 5.75 Å². The molecule has 1 aromatic heterocycles. The van der Waals surface area contributed by atoms with Gasteiger partial charge in [-0.3, -0.25) is 4.79 Å². The van der Waals surface area contributed by atoms with Gasteiger partial charge in [0.15, 0.2) is 5.69 Å². The number of aromatic carboxylic acids is 1. The fourth-order valence-electron chi connectivity index (χ4n) is 1.75. The van der Waals surface area contributed by atoms with E-state index in [0.717, 1.165) is 0 Å². The number of ether oxygens (including phenoxy) is 1. The second-order valence-electron chi connectivity index (χ2n) is 4.27. The van der Waals surface area contributed by atoms with Gasteiger partial charge in [-0.15, -0.1) is 11.3 Å². The normalized spacial score (nSPS) is 11.7. The van der Waals surface area contributed by atoms with Gasteiger partial charge in [-0.2, -0.15) is 0 Å². The molecule has 2 aromatic rings. The van der Waals surface area contributed by atoms with Gasteiger partial charge in [0.1, 0.15) is 10.8 Å². The van der Waals surface area contributed by atoms with E-state index in [2.05, 4.69) is 10.3 Å². The van der Waals surface area contributed by atoms with E-state index in [1.807, 2.05) is 0 Å². The van der Waals surface area contributed by atoms with Crippen molar-refractivity contribution in [1.82, 2.24) is 10.3 Å². The summed E-state index contributed by atoms with van der Waals surface area (Å²) in [5.74, 6) is -0.902. The molecule has 0 saturated heterocycles. The Bertz CT molecular complexity index is 668. The largest absolute Gasteiger partial charge is 0.496 e.